The van der Waals surface area contributed by atoms with Gasteiger partial charge in [0.25, 0.3) is 5.69 Å². The van der Waals surface area contributed by atoms with Gasteiger partial charge < -0.3 is 9.47 Å². The number of nitrogens with zero attached hydrogens (tertiary/aromatic N) is 2. The van der Waals surface area contributed by atoms with E-state index < -0.39 is 22.4 Å². The van der Waals surface area contributed by atoms with Crippen molar-refractivity contribution in [2.45, 2.75) is 26.4 Å². The van der Waals surface area contributed by atoms with Crippen molar-refractivity contribution >= 4 is 29.1 Å². The van der Waals surface area contributed by atoms with Gasteiger partial charge in [0.15, 0.2) is 0 Å². The molecule has 0 saturated heterocycles. The molecule has 0 N–H and O–H groups in total. The van der Waals surface area contributed by atoms with Crippen molar-refractivity contribution in [1.29, 1.82) is 0 Å². The van der Waals surface area contributed by atoms with E-state index in [9.17, 15) is 19.3 Å². The molecular formula is C18H18ClFN2O5. The molecule has 2 aromatic carbocycles. The number of anilines is 1. The van der Waals surface area contributed by atoms with Gasteiger partial charge in [-0.25, -0.2) is 9.18 Å². The fourth-order valence-corrected chi connectivity index (χ4v) is 2.35. The number of hydrogen-bond acceptors (Lipinski definition) is 5. The second kappa shape index (κ2) is 7.79. The summed E-state index contributed by atoms with van der Waals surface area (Å²) >= 11 is 5.79. The van der Waals surface area contributed by atoms with Crippen LogP contribution in [0.1, 0.15) is 20.8 Å². The minimum absolute atomic E-state index is 0.0331. The van der Waals surface area contributed by atoms with Gasteiger partial charge in [-0.1, -0.05) is 11.6 Å². The van der Waals surface area contributed by atoms with Crippen LogP contribution in [0.3, 0.4) is 0 Å². The molecule has 0 radical (unpaired) electrons. The molecule has 0 spiro atoms. The Morgan fingerprint density at radius 2 is 1.85 bits per heavy atom. The molecule has 0 saturated carbocycles. The minimum Gasteiger partial charge on any atom is -0.457 e. The van der Waals surface area contributed by atoms with Crippen LogP contribution >= 0.6 is 11.6 Å². The van der Waals surface area contributed by atoms with E-state index in [1.54, 1.807) is 20.8 Å². The summed E-state index contributed by atoms with van der Waals surface area (Å²) in [6.45, 7) is 5.04. The zero-order chi connectivity index (χ0) is 20.4. The van der Waals surface area contributed by atoms with Gasteiger partial charge in [0.2, 0.25) is 0 Å². The van der Waals surface area contributed by atoms with Crippen LogP contribution in [-0.2, 0) is 4.74 Å². The van der Waals surface area contributed by atoms with E-state index >= 15 is 0 Å². The minimum atomic E-state index is -0.771. The maximum absolute atomic E-state index is 13.4. The highest BCUT2D eigenvalue weighted by molar-refractivity contribution is 6.30. The van der Waals surface area contributed by atoms with Gasteiger partial charge in [-0.2, -0.15) is 0 Å². The lowest BCUT2D eigenvalue weighted by molar-refractivity contribution is -0.384. The van der Waals surface area contributed by atoms with Crippen molar-refractivity contribution in [2.24, 2.45) is 0 Å². The molecule has 9 heteroatoms. The zero-order valence-electron chi connectivity index (χ0n) is 15.2. The second-order valence-corrected chi connectivity index (χ2v) is 7.09. The lowest BCUT2D eigenvalue weighted by Gasteiger charge is -2.24. The van der Waals surface area contributed by atoms with Crippen LogP contribution in [0, 0.1) is 15.9 Å². The van der Waals surface area contributed by atoms with E-state index in [0.717, 1.165) is 17.0 Å². The largest absolute Gasteiger partial charge is 0.457 e. The molecule has 0 heterocycles. The quantitative estimate of drug-likeness (QED) is 0.499. The number of nitro benzene ring substituents is 1. The van der Waals surface area contributed by atoms with Crippen molar-refractivity contribution in [3.8, 4) is 11.5 Å². The summed E-state index contributed by atoms with van der Waals surface area (Å²) in [5.41, 5.74) is -1.12. The summed E-state index contributed by atoms with van der Waals surface area (Å²) in [7, 11) is 1.35. The van der Waals surface area contributed by atoms with E-state index in [2.05, 4.69) is 0 Å². The maximum atomic E-state index is 13.4. The zero-order valence-corrected chi connectivity index (χ0v) is 15.9. The molecule has 0 fully saturated rings. The first-order valence-electron chi connectivity index (χ1n) is 7.85. The van der Waals surface area contributed by atoms with E-state index in [-0.39, 0.29) is 27.9 Å². The first kappa shape index (κ1) is 20.4. The molecule has 27 heavy (non-hydrogen) atoms. The average molecular weight is 397 g/mol. The fraction of sp³-hybridized carbons (Fsp3) is 0.278. The number of amides is 1. The number of nitro groups is 1. The Morgan fingerprint density at radius 1 is 1.19 bits per heavy atom. The molecule has 0 aromatic heterocycles. The number of rotatable bonds is 4. The van der Waals surface area contributed by atoms with Crippen molar-refractivity contribution in [3.63, 3.8) is 0 Å². The van der Waals surface area contributed by atoms with Gasteiger partial charge in [0.1, 0.15) is 28.6 Å². The van der Waals surface area contributed by atoms with Gasteiger partial charge in [0, 0.05) is 30.3 Å². The van der Waals surface area contributed by atoms with Crippen molar-refractivity contribution in [2.75, 3.05) is 11.9 Å². The summed E-state index contributed by atoms with van der Waals surface area (Å²) in [5.74, 6) is -0.321. The van der Waals surface area contributed by atoms with Gasteiger partial charge in [-0.05, 0) is 39.0 Å². The smallest absolute Gasteiger partial charge is 0.414 e. The lowest BCUT2D eigenvalue weighted by Crippen LogP contribution is -2.34. The molecule has 0 aliphatic rings. The van der Waals surface area contributed by atoms with Crippen LogP contribution in [0.4, 0.5) is 20.6 Å². The molecule has 2 aromatic rings. The Balaban J connectivity index is 2.38. The molecule has 0 atom stereocenters. The van der Waals surface area contributed by atoms with E-state index in [0.29, 0.717) is 0 Å². The first-order valence-corrected chi connectivity index (χ1v) is 8.23. The summed E-state index contributed by atoms with van der Waals surface area (Å²) in [6.07, 6.45) is -0.767. The Morgan fingerprint density at radius 3 is 2.41 bits per heavy atom. The highest BCUT2D eigenvalue weighted by Gasteiger charge is 2.26. The van der Waals surface area contributed by atoms with Crippen molar-refractivity contribution in [1.82, 2.24) is 0 Å². The molecule has 0 bridgehead atoms. The van der Waals surface area contributed by atoms with E-state index in [1.807, 2.05) is 0 Å². The van der Waals surface area contributed by atoms with Crippen molar-refractivity contribution in [3.05, 3.63) is 57.4 Å². The molecule has 1 amide bonds. The highest BCUT2D eigenvalue weighted by atomic mass is 35.5. The third-order valence-electron chi connectivity index (χ3n) is 3.24. The number of carbonyl (C=O) groups is 1. The third kappa shape index (κ3) is 5.55. The number of halogens is 2. The fourth-order valence-electron chi connectivity index (χ4n) is 2.14. The Bertz CT molecular complexity index is 862. The third-order valence-corrected chi connectivity index (χ3v) is 3.46. The predicted octanol–water partition coefficient (Wildman–Crippen LogP) is 5.55. The standard InChI is InChI=1S/C18H18ClFN2O5/c1-18(2,3)27-17(23)21(4)16-10-13(5-6-15(16)22(24)25)26-14-8-11(19)7-12(20)9-14/h5-10H,1-4H3. The number of ether oxygens (including phenoxy) is 2. The Hall–Kier alpha value is -2.87. The monoisotopic (exact) mass is 396 g/mol. The Kier molecular flexibility index (Phi) is 5.90. The second-order valence-electron chi connectivity index (χ2n) is 6.65. The van der Waals surface area contributed by atoms with Gasteiger partial charge >= 0.3 is 6.09 Å². The van der Waals surface area contributed by atoms with E-state index in [4.69, 9.17) is 21.1 Å². The average Bonchev–Trinajstić information content (AvgIpc) is 2.51. The van der Waals surface area contributed by atoms with Crippen LogP contribution in [0.5, 0.6) is 11.5 Å². The first-order chi connectivity index (χ1) is 12.5. The molecule has 2 rings (SSSR count). The normalized spacial score (nSPS) is 11.0. The van der Waals surface area contributed by atoms with Crippen LogP contribution in [0.25, 0.3) is 0 Å². The molecular weight excluding hydrogens is 379 g/mol. The highest BCUT2D eigenvalue weighted by Crippen LogP contribution is 2.35. The molecule has 0 aliphatic carbocycles. The lowest BCUT2D eigenvalue weighted by atomic mass is 10.2. The van der Waals surface area contributed by atoms with Gasteiger partial charge in [0.05, 0.1) is 4.92 Å². The summed E-state index contributed by atoms with van der Waals surface area (Å²) in [4.78, 5) is 24.0. The van der Waals surface area contributed by atoms with Gasteiger partial charge in [-0.3, -0.25) is 15.0 Å². The molecule has 7 nitrogen and oxygen atoms in total. The van der Waals surface area contributed by atoms with E-state index in [1.165, 1.54) is 31.3 Å². The predicted molar refractivity (Wildman–Crippen MR) is 99.2 cm³/mol. The van der Waals surface area contributed by atoms with Crippen LogP contribution < -0.4 is 9.64 Å². The van der Waals surface area contributed by atoms with Crippen LogP contribution in [-0.4, -0.2) is 23.7 Å². The Labute approximate surface area is 160 Å². The van der Waals surface area contributed by atoms with Gasteiger partial charge in [-0.15, -0.1) is 0 Å². The SMILES string of the molecule is CN(C(=O)OC(C)(C)C)c1cc(Oc2cc(F)cc(Cl)c2)ccc1[N+](=O)[O-]. The number of hydrogen-bond donors (Lipinski definition) is 0. The van der Waals surface area contributed by atoms with Crippen LogP contribution in [0.15, 0.2) is 36.4 Å². The summed E-state index contributed by atoms with van der Waals surface area (Å²) in [6, 6.07) is 7.44. The molecule has 0 unspecified atom stereocenters. The number of carbonyl (C=O) groups excluding carboxylic acids is 1. The van der Waals surface area contributed by atoms with Crippen LogP contribution in [0.2, 0.25) is 5.02 Å². The molecule has 0 aliphatic heterocycles. The maximum Gasteiger partial charge on any atom is 0.414 e. The summed E-state index contributed by atoms with van der Waals surface area (Å²) in [5, 5.41) is 11.4. The topological polar surface area (TPSA) is 81.9 Å². The number of benzene rings is 2. The van der Waals surface area contributed by atoms with Crippen molar-refractivity contribution < 1.29 is 23.6 Å². The molecule has 144 valence electrons. The summed E-state index contributed by atoms with van der Waals surface area (Å²) < 4.78 is 24.2.